The summed E-state index contributed by atoms with van der Waals surface area (Å²) < 4.78 is 0. The fourth-order valence-corrected chi connectivity index (χ4v) is 4.27. The molecule has 0 radical (unpaired) electrons. The van der Waals surface area contributed by atoms with Gasteiger partial charge in [0.05, 0.1) is 17.2 Å². The first kappa shape index (κ1) is 17.6. The number of aryl methyl sites for hydroxylation is 2. The fourth-order valence-electron chi connectivity index (χ4n) is 4.27. The first-order chi connectivity index (χ1) is 13.0. The zero-order valence-electron chi connectivity index (χ0n) is 15.7. The summed E-state index contributed by atoms with van der Waals surface area (Å²) in [5.74, 6) is 0.651. The zero-order chi connectivity index (χ0) is 19.0. The van der Waals surface area contributed by atoms with Gasteiger partial charge in [-0.1, -0.05) is 30.3 Å². The van der Waals surface area contributed by atoms with Crippen LogP contribution >= 0.6 is 0 Å². The molecule has 2 aliphatic rings. The van der Waals surface area contributed by atoms with E-state index < -0.39 is 0 Å². The highest BCUT2D eigenvalue weighted by atomic mass is 16.2. The molecule has 2 aliphatic heterocycles. The third-order valence-corrected chi connectivity index (χ3v) is 5.84. The van der Waals surface area contributed by atoms with Gasteiger partial charge in [-0.25, -0.2) is 9.97 Å². The van der Waals surface area contributed by atoms with Crippen LogP contribution in [0.25, 0.3) is 0 Å². The Hall–Kier alpha value is -2.76. The quantitative estimate of drug-likeness (QED) is 0.888. The van der Waals surface area contributed by atoms with Crippen LogP contribution < -0.4 is 5.32 Å². The molecule has 140 valence electrons. The summed E-state index contributed by atoms with van der Waals surface area (Å²) in [6, 6.07) is 9.94. The predicted molar refractivity (Wildman–Crippen MR) is 101 cm³/mol. The molecule has 1 spiro atoms. The van der Waals surface area contributed by atoms with Crippen LogP contribution in [0.5, 0.6) is 0 Å². The van der Waals surface area contributed by atoms with Crippen LogP contribution in [0, 0.1) is 13.8 Å². The molecule has 1 aromatic heterocycles. The average Bonchev–Trinajstić information content (AvgIpc) is 2.98. The first-order valence-electron chi connectivity index (χ1n) is 9.44. The third-order valence-electron chi connectivity index (χ3n) is 5.84. The summed E-state index contributed by atoms with van der Waals surface area (Å²) in [6.45, 7) is 4.93. The Kier molecular flexibility index (Phi) is 4.42. The van der Waals surface area contributed by atoms with Crippen LogP contribution in [0.2, 0.25) is 0 Å². The van der Waals surface area contributed by atoms with Crippen molar-refractivity contribution in [1.82, 2.24) is 20.2 Å². The highest BCUT2D eigenvalue weighted by Crippen LogP contribution is 2.39. The number of hydrogen-bond donors (Lipinski definition) is 1. The van der Waals surface area contributed by atoms with Crippen LogP contribution in [-0.2, 0) is 4.79 Å². The Balaban J connectivity index is 1.44. The van der Waals surface area contributed by atoms with Crippen molar-refractivity contribution in [3.8, 4) is 0 Å². The molecular weight excluding hydrogens is 340 g/mol. The lowest BCUT2D eigenvalue weighted by Crippen LogP contribution is -2.52. The standard InChI is InChI=1S/C21H24N4O2/c1-14-18(13-22-15(2)23-14)20(27)25-10-8-21(9-11-25)12-17(19(26)24-21)16-6-4-3-5-7-16/h3-7,13,17H,8-12H2,1-2H3,(H,24,26). The largest absolute Gasteiger partial charge is 0.350 e. The van der Waals surface area contributed by atoms with Crippen molar-refractivity contribution < 1.29 is 9.59 Å². The van der Waals surface area contributed by atoms with Gasteiger partial charge >= 0.3 is 0 Å². The Bertz CT molecular complexity index is 873. The monoisotopic (exact) mass is 364 g/mol. The third kappa shape index (κ3) is 3.31. The van der Waals surface area contributed by atoms with E-state index in [1.54, 1.807) is 6.20 Å². The summed E-state index contributed by atoms with van der Waals surface area (Å²) in [6.07, 6.45) is 3.97. The van der Waals surface area contributed by atoms with Crippen molar-refractivity contribution in [2.24, 2.45) is 0 Å². The molecule has 3 heterocycles. The van der Waals surface area contributed by atoms with Crippen molar-refractivity contribution in [3.63, 3.8) is 0 Å². The molecule has 1 atom stereocenters. The molecule has 2 fully saturated rings. The number of amides is 2. The van der Waals surface area contributed by atoms with E-state index in [-0.39, 0.29) is 23.3 Å². The molecule has 0 aliphatic carbocycles. The second kappa shape index (κ2) is 6.76. The topological polar surface area (TPSA) is 75.2 Å². The Morgan fingerprint density at radius 2 is 1.89 bits per heavy atom. The highest BCUT2D eigenvalue weighted by molar-refractivity contribution is 5.95. The molecule has 0 saturated carbocycles. The molecule has 4 rings (SSSR count). The van der Waals surface area contributed by atoms with Gasteiger partial charge in [0, 0.05) is 24.8 Å². The minimum absolute atomic E-state index is 0.0220. The Morgan fingerprint density at radius 3 is 2.56 bits per heavy atom. The lowest BCUT2D eigenvalue weighted by atomic mass is 9.82. The van der Waals surface area contributed by atoms with Crippen LogP contribution in [0.15, 0.2) is 36.5 Å². The highest BCUT2D eigenvalue weighted by Gasteiger charge is 2.46. The second-order valence-corrected chi connectivity index (χ2v) is 7.65. The molecule has 2 saturated heterocycles. The summed E-state index contributed by atoms with van der Waals surface area (Å²) >= 11 is 0. The number of nitrogens with zero attached hydrogens (tertiary/aromatic N) is 3. The molecule has 27 heavy (non-hydrogen) atoms. The summed E-state index contributed by atoms with van der Waals surface area (Å²) in [5.41, 5.74) is 2.14. The molecule has 1 aromatic carbocycles. The van der Waals surface area contributed by atoms with Gasteiger partial charge in [0.2, 0.25) is 5.91 Å². The van der Waals surface area contributed by atoms with Gasteiger partial charge < -0.3 is 10.2 Å². The predicted octanol–water partition coefficient (Wildman–Crippen LogP) is 2.37. The van der Waals surface area contributed by atoms with E-state index in [0.29, 0.717) is 30.2 Å². The maximum Gasteiger partial charge on any atom is 0.257 e. The Labute approximate surface area is 159 Å². The van der Waals surface area contributed by atoms with Gasteiger partial charge in [0.25, 0.3) is 5.91 Å². The minimum atomic E-state index is -0.201. The number of likely N-dealkylation sites (tertiary alicyclic amines) is 1. The van der Waals surface area contributed by atoms with Crippen LogP contribution in [0.1, 0.15) is 52.6 Å². The minimum Gasteiger partial charge on any atom is -0.350 e. The van der Waals surface area contributed by atoms with Crippen molar-refractivity contribution in [3.05, 3.63) is 59.2 Å². The number of nitrogens with one attached hydrogen (secondary N) is 1. The van der Waals surface area contributed by atoms with Gasteiger partial charge in [0.1, 0.15) is 5.82 Å². The van der Waals surface area contributed by atoms with Crippen LogP contribution in [-0.4, -0.2) is 45.3 Å². The molecule has 2 amide bonds. The first-order valence-corrected chi connectivity index (χ1v) is 9.44. The number of aromatic nitrogens is 2. The van der Waals surface area contributed by atoms with Gasteiger partial charge in [-0.2, -0.15) is 0 Å². The van der Waals surface area contributed by atoms with Gasteiger partial charge in [0.15, 0.2) is 0 Å². The number of piperidine rings is 1. The molecule has 6 nitrogen and oxygen atoms in total. The van der Waals surface area contributed by atoms with E-state index >= 15 is 0 Å². The van der Waals surface area contributed by atoms with E-state index in [1.807, 2.05) is 49.1 Å². The smallest absolute Gasteiger partial charge is 0.257 e. The lowest BCUT2D eigenvalue weighted by Gasteiger charge is -2.39. The normalized spacial score (nSPS) is 21.3. The van der Waals surface area contributed by atoms with Crippen LogP contribution in [0.3, 0.4) is 0 Å². The average molecular weight is 364 g/mol. The zero-order valence-corrected chi connectivity index (χ0v) is 15.7. The van der Waals surface area contributed by atoms with Crippen molar-refractivity contribution in [2.75, 3.05) is 13.1 Å². The lowest BCUT2D eigenvalue weighted by molar-refractivity contribution is -0.121. The number of carbonyl (C=O) groups is 2. The molecule has 2 aromatic rings. The van der Waals surface area contributed by atoms with E-state index in [0.717, 1.165) is 24.8 Å². The maximum absolute atomic E-state index is 12.8. The summed E-state index contributed by atoms with van der Waals surface area (Å²) in [5, 5.41) is 3.23. The van der Waals surface area contributed by atoms with Gasteiger partial charge in [-0.3, -0.25) is 9.59 Å². The molecule has 6 heteroatoms. The van der Waals surface area contributed by atoms with Gasteiger partial charge in [-0.05, 0) is 38.7 Å². The SMILES string of the molecule is Cc1ncc(C(=O)N2CCC3(CC2)CC(c2ccccc2)C(=O)N3)c(C)n1. The van der Waals surface area contributed by atoms with Crippen molar-refractivity contribution >= 4 is 11.8 Å². The molecule has 0 bridgehead atoms. The summed E-state index contributed by atoms with van der Waals surface area (Å²) in [7, 11) is 0. The maximum atomic E-state index is 12.8. The van der Waals surface area contributed by atoms with Crippen molar-refractivity contribution in [2.45, 2.75) is 44.6 Å². The van der Waals surface area contributed by atoms with E-state index in [1.165, 1.54) is 0 Å². The van der Waals surface area contributed by atoms with Crippen molar-refractivity contribution in [1.29, 1.82) is 0 Å². The molecule has 1 N–H and O–H groups in total. The molecule has 1 unspecified atom stereocenters. The van der Waals surface area contributed by atoms with E-state index in [2.05, 4.69) is 15.3 Å². The van der Waals surface area contributed by atoms with Gasteiger partial charge in [-0.15, -0.1) is 0 Å². The Morgan fingerprint density at radius 1 is 1.19 bits per heavy atom. The number of benzene rings is 1. The molecular formula is C21H24N4O2. The number of hydrogen-bond acceptors (Lipinski definition) is 4. The number of carbonyl (C=O) groups excluding carboxylic acids is 2. The van der Waals surface area contributed by atoms with E-state index in [9.17, 15) is 9.59 Å². The van der Waals surface area contributed by atoms with Crippen LogP contribution in [0.4, 0.5) is 0 Å². The summed E-state index contributed by atoms with van der Waals surface area (Å²) in [4.78, 5) is 35.7. The number of rotatable bonds is 2. The second-order valence-electron chi connectivity index (χ2n) is 7.65. The van der Waals surface area contributed by atoms with E-state index in [4.69, 9.17) is 0 Å². The fraction of sp³-hybridized carbons (Fsp3) is 0.429.